The average molecular weight is 269 g/mol. The highest BCUT2D eigenvalue weighted by atomic mass is 32.2. The highest BCUT2D eigenvalue weighted by molar-refractivity contribution is 7.93. The molecule has 0 radical (unpaired) electrons. The van der Waals surface area contributed by atoms with Crippen molar-refractivity contribution in [2.45, 2.75) is 19.1 Å². The van der Waals surface area contributed by atoms with Crippen LogP contribution < -0.4 is 15.2 Å². The number of rotatable bonds is 4. The van der Waals surface area contributed by atoms with E-state index in [0.717, 1.165) is 11.3 Å². The van der Waals surface area contributed by atoms with Crippen LogP contribution in [0.25, 0.3) is 0 Å². The molecule has 0 atom stereocenters. The van der Waals surface area contributed by atoms with Crippen LogP contribution in [0.5, 0.6) is 0 Å². The number of nitrogens with zero attached hydrogens (tertiary/aromatic N) is 1. The summed E-state index contributed by atoms with van der Waals surface area (Å²) in [6.07, 6.45) is 0. The van der Waals surface area contributed by atoms with Gasteiger partial charge in [0, 0.05) is 19.6 Å². The van der Waals surface area contributed by atoms with Gasteiger partial charge in [-0.1, -0.05) is 18.2 Å². The van der Waals surface area contributed by atoms with Crippen molar-refractivity contribution >= 4 is 15.7 Å². The molecule has 1 aliphatic rings. The fraction of sp³-hybridized carbons (Fsp3) is 0.500. The second kappa shape index (κ2) is 5.26. The minimum absolute atomic E-state index is 0.406. The van der Waals surface area contributed by atoms with Gasteiger partial charge in [0.15, 0.2) is 0 Å². The van der Waals surface area contributed by atoms with Crippen molar-refractivity contribution in [3.8, 4) is 0 Å². The summed E-state index contributed by atoms with van der Waals surface area (Å²) in [4.78, 5) is 0. The van der Waals surface area contributed by atoms with Crippen molar-refractivity contribution in [1.82, 2.24) is 10.9 Å². The van der Waals surface area contributed by atoms with E-state index in [9.17, 15) is 8.42 Å². The van der Waals surface area contributed by atoms with Crippen LogP contribution in [0.2, 0.25) is 0 Å². The molecular weight excluding hydrogens is 250 g/mol. The second-order valence-electron chi connectivity index (χ2n) is 4.38. The lowest BCUT2D eigenvalue weighted by Gasteiger charge is -2.27. The first kappa shape index (κ1) is 13.3. The van der Waals surface area contributed by atoms with Crippen molar-refractivity contribution in [2.75, 3.05) is 23.9 Å². The smallest absolute Gasteiger partial charge is 0.240 e. The number of aryl methyl sites for hydroxylation is 1. The van der Waals surface area contributed by atoms with Gasteiger partial charge < -0.3 is 0 Å². The maximum Gasteiger partial charge on any atom is 0.240 e. The third-order valence-corrected chi connectivity index (χ3v) is 5.43. The minimum Gasteiger partial charge on any atom is -0.270 e. The Hall–Kier alpha value is -1.11. The number of sulfonamides is 1. The SMILES string of the molecule is CCN(c1ccccc1C)S(=O)(=O)C1CNNC1. The largest absolute Gasteiger partial charge is 0.270 e. The normalized spacial score (nSPS) is 17.0. The molecule has 1 saturated heterocycles. The van der Waals surface area contributed by atoms with Crippen LogP contribution in [-0.2, 0) is 10.0 Å². The first-order valence-corrected chi connectivity index (χ1v) is 7.60. The molecule has 0 aromatic heterocycles. The van der Waals surface area contributed by atoms with Crippen molar-refractivity contribution < 1.29 is 8.42 Å². The molecular formula is C12H19N3O2S. The summed E-state index contributed by atoms with van der Waals surface area (Å²) in [5.41, 5.74) is 7.48. The molecule has 0 spiro atoms. The summed E-state index contributed by atoms with van der Waals surface area (Å²) in [7, 11) is -3.32. The van der Waals surface area contributed by atoms with Crippen LogP contribution in [0.15, 0.2) is 24.3 Å². The third kappa shape index (κ3) is 2.36. The van der Waals surface area contributed by atoms with E-state index in [1.807, 2.05) is 38.1 Å². The van der Waals surface area contributed by atoms with E-state index >= 15 is 0 Å². The summed E-state index contributed by atoms with van der Waals surface area (Å²) >= 11 is 0. The lowest BCUT2D eigenvalue weighted by Crippen LogP contribution is -2.41. The summed E-state index contributed by atoms with van der Waals surface area (Å²) in [5, 5.41) is -0.406. The molecule has 0 bridgehead atoms. The maximum atomic E-state index is 12.6. The summed E-state index contributed by atoms with van der Waals surface area (Å²) in [5.74, 6) is 0. The van der Waals surface area contributed by atoms with Crippen molar-refractivity contribution in [3.05, 3.63) is 29.8 Å². The zero-order chi connectivity index (χ0) is 13.2. The average Bonchev–Trinajstić information content (AvgIpc) is 2.86. The van der Waals surface area contributed by atoms with Crippen LogP contribution in [-0.4, -0.2) is 33.3 Å². The van der Waals surface area contributed by atoms with Gasteiger partial charge in [-0.25, -0.2) is 8.42 Å². The second-order valence-corrected chi connectivity index (χ2v) is 6.52. The zero-order valence-electron chi connectivity index (χ0n) is 10.7. The number of nitrogens with one attached hydrogen (secondary N) is 2. The number of para-hydroxylation sites is 1. The topological polar surface area (TPSA) is 61.4 Å². The van der Waals surface area contributed by atoms with E-state index in [4.69, 9.17) is 0 Å². The molecule has 0 saturated carbocycles. The number of hydrazine groups is 1. The van der Waals surface area contributed by atoms with E-state index < -0.39 is 15.3 Å². The van der Waals surface area contributed by atoms with Crippen LogP contribution in [0, 0.1) is 6.92 Å². The molecule has 100 valence electrons. The number of anilines is 1. The van der Waals surface area contributed by atoms with Crippen molar-refractivity contribution in [2.24, 2.45) is 0 Å². The monoisotopic (exact) mass is 269 g/mol. The van der Waals surface area contributed by atoms with E-state index in [-0.39, 0.29) is 0 Å². The number of benzene rings is 1. The van der Waals surface area contributed by atoms with Gasteiger partial charge in [-0.3, -0.25) is 15.2 Å². The molecule has 2 rings (SSSR count). The molecule has 1 aromatic carbocycles. The van der Waals surface area contributed by atoms with Crippen LogP contribution in [0.1, 0.15) is 12.5 Å². The molecule has 1 fully saturated rings. The quantitative estimate of drug-likeness (QED) is 0.841. The van der Waals surface area contributed by atoms with E-state index in [0.29, 0.717) is 19.6 Å². The van der Waals surface area contributed by atoms with Gasteiger partial charge in [0.05, 0.1) is 5.69 Å². The Morgan fingerprint density at radius 2 is 1.89 bits per heavy atom. The predicted octanol–water partition coefficient (Wildman–Crippen LogP) is 0.628. The summed E-state index contributed by atoms with van der Waals surface area (Å²) in [6, 6.07) is 7.56. The first-order chi connectivity index (χ1) is 8.57. The van der Waals surface area contributed by atoms with Gasteiger partial charge in [0.25, 0.3) is 0 Å². The standard InChI is InChI=1S/C12H19N3O2S/c1-3-15(12-7-5-4-6-10(12)2)18(16,17)11-8-13-14-9-11/h4-7,11,13-14H,3,8-9H2,1-2H3. The zero-order valence-corrected chi connectivity index (χ0v) is 11.5. The van der Waals surface area contributed by atoms with Crippen molar-refractivity contribution in [1.29, 1.82) is 0 Å². The molecule has 2 N–H and O–H groups in total. The van der Waals surface area contributed by atoms with Gasteiger partial charge in [-0.05, 0) is 25.5 Å². The molecule has 1 heterocycles. The predicted molar refractivity (Wildman–Crippen MR) is 72.9 cm³/mol. The van der Waals surface area contributed by atoms with E-state index in [1.54, 1.807) is 0 Å². The van der Waals surface area contributed by atoms with Crippen LogP contribution in [0.3, 0.4) is 0 Å². The Kier molecular flexibility index (Phi) is 3.89. The first-order valence-electron chi connectivity index (χ1n) is 6.10. The summed E-state index contributed by atoms with van der Waals surface area (Å²) in [6.45, 7) is 5.14. The molecule has 5 nitrogen and oxygen atoms in total. The van der Waals surface area contributed by atoms with E-state index in [2.05, 4.69) is 10.9 Å². The van der Waals surface area contributed by atoms with Gasteiger partial charge >= 0.3 is 0 Å². The third-order valence-electron chi connectivity index (χ3n) is 3.18. The Labute approximate surface area is 108 Å². The van der Waals surface area contributed by atoms with Gasteiger partial charge in [-0.2, -0.15) is 0 Å². The lowest BCUT2D eigenvalue weighted by atomic mass is 10.2. The van der Waals surface area contributed by atoms with Gasteiger partial charge in [-0.15, -0.1) is 0 Å². The molecule has 6 heteroatoms. The fourth-order valence-electron chi connectivity index (χ4n) is 2.17. The minimum atomic E-state index is -3.32. The lowest BCUT2D eigenvalue weighted by molar-refractivity contribution is 0.580. The van der Waals surface area contributed by atoms with Crippen LogP contribution >= 0.6 is 0 Å². The molecule has 0 aliphatic carbocycles. The fourth-order valence-corrected chi connectivity index (χ4v) is 3.95. The Bertz CT molecular complexity index is 510. The molecule has 1 aromatic rings. The molecule has 0 unspecified atom stereocenters. The number of hydrogen-bond donors (Lipinski definition) is 2. The molecule has 18 heavy (non-hydrogen) atoms. The Balaban J connectivity index is 2.37. The van der Waals surface area contributed by atoms with E-state index in [1.165, 1.54) is 4.31 Å². The highest BCUT2D eigenvalue weighted by Gasteiger charge is 2.34. The van der Waals surface area contributed by atoms with Gasteiger partial charge in [0.1, 0.15) is 5.25 Å². The Morgan fingerprint density at radius 1 is 1.28 bits per heavy atom. The molecule has 0 amide bonds. The van der Waals surface area contributed by atoms with Crippen molar-refractivity contribution in [3.63, 3.8) is 0 Å². The van der Waals surface area contributed by atoms with Gasteiger partial charge in [0.2, 0.25) is 10.0 Å². The number of hydrogen-bond acceptors (Lipinski definition) is 4. The van der Waals surface area contributed by atoms with Crippen LogP contribution in [0.4, 0.5) is 5.69 Å². The maximum absolute atomic E-state index is 12.6. The summed E-state index contributed by atoms with van der Waals surface area (Å²) < 4.78 is 26.6. The highest BCUT2D eigenvalue weighted by Crippen LogP contribution is 2.24. The molecule has 1 aliphatic heterocycles. The Morgan fingerprint density at radius 3 is 2.44 bits per heavy atom.